The van der Waals surface area contributed by atoms with Crippen molar-refractivity contribution in [3.8, 4) is 6.07 Å². The van der Waals surface area contributed by atoms with Crippen LogP contribution in [0.5, 0.6) is 0 Å². The van der Waals surface area contributed by atoms with Crippen LogP contribution >= 0.6 is 11.3 Å². The average Bonchev–Trinajstić information content (AvgIpc) is 2.77. The van der Waals surface area contributed by atoms with Crippen LogP contribution in [-0.4, -0.2) is 30.6 Å². The lowest BCUT2D eigenvalue weighted by atomic mass is 10.3. The predicted molar refractivity (Wildman–Crippen MR) is 66.2 cm³/mol. The van der Waals surface area contributed by atoms with Crippen molar-refractivity contribution in [1.82, 2.24) is 4.98 Å². The predicted octanol–water partition coefficient (Wildman–Crippen LogP) is 2.06. The summed E-state index contributed by atoms with van der Waals surface area (Å²) in [5.41, 5.74) is 0.315. The first kappa shape index (κ1) is 13.5. The summed E-state index contributed by atoms with van der Waals surface area (Å²) < 4.78 is 4.61. The largest absolute Gasteiger partial charge is 0.464 e. The fourth-order valence-electron chi connectivity index (χ4n) is 1.34. The number of hydrogen-bond donors (Lipinski definition) is 0. The molecule has 1 aromatic rings. The number of ether oxygens (including phenoxy) is 1. The molecule has 92 valence electrons. The van der Waals surface area contributed by atoms with E-state index in [9.17, 15) is 4.79 Å². The van der Waals surface area contributed by atoms with Crippen LogP contribution in [0.4, 0.5) is 5.13 Å². The van der Waals surface area contributed by atoms with E-state index in [1.165, 1.54) is 18.4 Å². The van der Waals surface area contributed by atoms with E-state index in [-0.39, 0.29) is 6.04 Å². The molecule has 5 nitrogen and oxygen atoms in total. The summed E-state index contributed by atoms with van der Waals surface area (Å²) in [5, 5.41) is 11.0. The van der Waals surface area contributed by atoms with Crippen LogP contribution in [0.1, 0.15) is 30.8 Å². The molecule has 17 heavy (non-hydrogen) atoms. The topological polar surface area (TPSA) is 66.2 Å². The Morgan fingerprint density at radius 1 is 1.71 bits per heavy atom. The molecule has 0 unspecified atom stereocenters. The first-order valence-corrected chi connectivity index (χ1v) is 6.15. The van der Waals surface area contributed by atoms with Gasteiger partial charge in [-0.3, -0.25) is 0 Å². The number of nitriles is 1. The van der Waals surface area contributed by atoms with E-state index in [1.54, 1.807) is 5.38 Å². The van der Waals surface area contributed by atoms with Gasteiger partial charge in [-0.1, -0.05) is 0 Å². The number of carbonyl (C=O) groups is 1. The second kappa shape index (κ2) is 6.21. The van der Waals surface area contributed by atoms with Crippen molar-refractivity contribution in [1.29, 1.82) is 5.26 Å². The fourth-order valence-corrected chi connectivity index (χ4v) is 2.29. The molecule has 1 rings (SSSR count). The van der Waals surface area contributed by atoms with Crippen LogP contribution < -0.4 is 4.90 Å². The Morgan fingerprint density at radius 2 is 2.41 bits per heavy atom. The van der Waals surface area contributed by atoms with Crippen LogP contribution in [0.25, 0.3) is 0 Å². The maximum Gasteiger partial charge on any atom is 0.357 e. The molecule has 0 bridgehead atoms. The van der Waals surface area contributed by atoms with E-state index in [4.69, 9.17) is 5.26 Å². The van der Waals surface area contributed by atoms with Crippen molar-refractivity contribution in [2.24, 2.45) is 0 Å². The van der Waals surface area contributed by atoms with Gasteiger partial charge in [0.15, 0.2) is 10.8 Å². The van der Waals surface area contributed by atoms with Gasteiger partial charge < -0.3 is 9.64 Å². The second-order valence-corrected chi connectivity index (χ2v) is 4.54. The van der Waals surface area contributed by atoms with E-state index >= 15 is 0 Å². The van der Waals surface area contributed by atoms with Gasteiger partial charge in [0, 0.05) is 18.0 Å². The molecule has 0 N–H and O–H groups in total. The van der Waals surface area contributed by atoms with Crippen molar-refractivity contribution >= 4 is 22.4 Å². The van der Waals surface area contributed by atoms with Crippen molar-refractivity contribution in [2.75, 3.05) is 18.6 Å². The number of methoxy groups -OCH3 is 1. The maximum absolute atomic E-state index is 11.3. The van der Waals surface area contributed by atoms with Gasteiger partial charge in [-0.2, -0.15) is 5.26 Å². The summed E-state index contributed by atoms with van der Waals surface area (Å²) in [7, 11) is 1.33. The Kier molecular flexibility index (Phi) is 4.91. The minimum absolute atomic E-state index is 0.236. The third-order valence-corrected chi connectivity index (χ3v) is 3.10. The zero-order valence-electron chi connectivity index (χ0n) is 10.1. The van der Waals surface area contributed by atoms with Crippen LogP contribution in [-0.2, 0) is 4.74 Å². The number of carbonyl (C=O) groups excluding carboxylic acids is 1. The van der Waals surface area contributed by atoms with Gasteiger partial charge in [-0.25, -0.2) is 9.78 Å². The molecule has 0 radical (unpaired) electrons. The Hall–Kier alpha value is -1.61. The fraction of sp³-hybridized carbons (Fsp3) is 0.545. The lowest BCUT2D eigenvalue weighted by molar-refractivity contribution is 0.0595. The molecule has 0 aliphatic carbocycles. The summed E-state index contributed by atoms with van der Waals surface area (Å²) in [6, 6.07) is 2.34. The highest BCUT2D eigenvalue weighted by atomic mass is 32.1. The summed E-state index contributed by atoms with van der Waals surface area (Å²) in [6.07, 6.45) is 0.436. The van der Waals surface area contributed by atoms with E-state index in [1.807, 2.05) is 18.7 Å². The molecule has 0 amide bonds. The van der Waals surface area contributed by atoms with Crippen molar-refractivity contribution < 1.29 is 9.53 Å². The molecule has 6 heteroatoms. The number of hydrogen-bond acceptors (Lipinski definition) is 6. The number of rotatable bonds is 5. The van der Waals surface area contributed by atoms with Crippen LogP contribution in [0.2, 0.25) is 0 Å². The molecule has 1 aromatic heterocycles. The minimum Gasteiger partial charge on any atom is -0.464 e. The van der Waals surface area contributed by atoms with Gasteiger partial charge in [0.25, 0.3) is 0 Å². The molecule has 1 heterocycles. The molecule has 0 atom stereocenters. The smallest absolute Gasteiger partial charge is 0.357 e. The number of thiazole rings is 1. The molecule has 0 saturated carbocycles. The van der Waals surface area contributed by atoms with Gasteiger partial charge in [-0.15, -0.1) is 11.3 Å². The SMILES string of the molecule is COC(=O)c1csc(N(CCC#N)C(C)C)n1. The zero-order chi connectivity index (χ0) is 12.8. The number of anilines is 1. The highest BCUT2D eigenvalue weighted by molar-refractivity contribution is 7.13. The van der Waals surface area contributed by atoms with Crippen LogP contribution in [0, 0.1) is 11.3 Å². The Bertz CT molecular complexity index is 423. The summed E-state index contributed by atoms with van der Waals surface area (Å²) in [6.45, 7) is 4.66. The number of aromatic nitrogens is 1. The number of esters is 1. The Morgan fingerprint density at radius 3 is 2.94 bits per heavy atom. The molecule has 0 fully saturated rings. The standard InChI is InChI=1S/C11H15N3O2S/c1-8(2)14(6-4-5-12)11-13-9(7-17-11)10(15)16-3/h7-8H,4,6H2,1-3H3. The monoisotopic (exact) mass is 253 g/mol. The molecular weight excluding hydrogens is 238 g/mol. The second-order valence-electron chi connectivity index (χ2n) is 3.70. The lowest BCUT2D eigenvalue weighted by Gasteiger charge is -2.24. The van der Waals surface area contributed by atoms with Gasteiger partial charge in [0.05, 0.1) is 19.6 Å². The van der Waals surface area contributed by atoms with Gasteiger partial charge in [0.2, 0.25) is 0 Å². The highest BCUT2D eigenvalue weighted by Crippen LogP contribution is 2.23. The first-order chi connectivity index (χ1) is 8.10. The van der Waals surface area contributed by atoms with Gasteiger partial charge >= 0.3 is 5.97 Å². The van der Waals surface area contributed by atoms with E-state index < -0.39 is 5.97 Å². The highest BCUT2D eigenvalue weighted by Gasteiger charge is 2.17. The molecule has 0 saturated heterocycles. The minimum atomic E-state index is -0.434. The van der Waals surface area contributed by atoms with Crippen LogP contribution in [0.3, 0.4) is 0 Å². The van der Waals surface area contributed by atoms with E-state index in [2.05, 4.69) is 15.8 Å². The van der Waals surface area contributed by atoms with Crippen molar-refractivity contribution in [3.63, 3.8) is 0 Å². The van der Waals surface area contributed by atoms with E-state index in [0.717, 1.165) is 5.13 Å². The van der Waals surface area contributed by atoms with Gasteiger partial charge in [0.1, 0.15) is 0 Å². The molecule has 0 aromatic carbocycles. The average molecular weight is 253 g/mol. The summed E-state index contributed by atoms with van der Waals surface area (Å²) in [5.74, 6) is -0.434. The van der Waals surface area contributed by atoms with E-state index in [0.29, 0.717) is 18.7 Å². The quantitative estimate of drug-likeness (QED) is 0.751. The van der Waals surface area contributed by atoms with Crippen molar-refractivity contribution in [2.45, 2.75) is 26.3 Å². The third-order valence-electron chi connectivity index (χ3n) is 2.22. The lowest BCUT2D eigenvalue weighted by Crippen LogP contribution is -2.31. The maximum atomic E-state index is 11.3. The summed E-state index contributed by atoms with van der Waals surface area (Å²) >= 11 is 1.38. The normalized spacial score (nSPS) is 10.1. The van der Waals surface area contributed by atoms with Crippen LogP contribution in [0.15, 0.2) is 5.38 Å². The Labute approximate surface area is 105 Å². The molecule has 0 aliphatic rings. The number of nitrogens with zero attached hydrogens (tertiary/aromatic N) is 3. The Balaban J connectivity index is 2.84. The molecule has 0 spiro atoms. The zero-order valence-corrected chi connectivity index (χ0v) is 11.0. The molecule has 0 aliphatic heterocycles. The van der Waals surface area contributed by atoms with Gasteiger partial charge in [-0.05, 0) is 13.8 Å². The molecular formula is C11H15N3O2S. The first-order valence-electron chi connectivity index (χ1n) is 5.27. The third kappa shape index (κ3) is 3.43. The summed E-state index contributed by atoms with van der Waals surface area (Å²) in [4.78, 5) is 17.5. The van der Waals surface area contributed by atoms with Crippen molar-refractivity contribution in [3.05, 3.63) is 11.1 Å².